The van der Waals surface area contributed by atoms with Gasteiger partial charge in [-0.1, -0.05) is 29.8 Å². The van der Waals surface area contributed by atoms with Gasteiger partial charge in [0.2, 0.25) is 5.91 Å². The molecule has 1 atom stereocenters. The van der Waals surface area contributed by atoms with Gasteiger partial charge in [0.1, 0.15) is 13.2 Å². The minimum absolute atomic E-state index is 0.0964. The molecule has 0 spiro atoms. The lowest BCUT2D eigenvalue weighted by atomic mass is 10.1. The van der Waals surface area contributed by atoms with Crippen LogP contribution in [0.4, 0.5) is 13.2 Å². The second-order valence-electron chi connectivity index (χ2n) is 3.67. The molecule has 0 aliphatic rings. The molecule has 3 nitrogen and oxygen atoms in total. The lowest BCUT2D eigenvalue weighted by molar-refractivity contribution is -0.175. The Hall–Kier alpha value is -0.300. The summed E-state index contributed by atoms with van der Waals surface area (Å²) in [6.45, 7) is 2.32. The normalized spacial score (nSPS) is 13.9. The first-order chi connectivity index (χ1) is 7.22. The summed E-state index contributed by atoms with van der Waals surface area (Å²) in [4.78, 5) is 11.1. The monoisotopic (exact) mass is 305 g/mol. The Morgan fingerprint density at radius 1 is 1.44 bits per heavy atom. The van der Waals surface area contributed by atoms with Crippen LogP contribution in [0.3, 0.4) is 0 Å². The molecule has 16 heavy (non-hydrogen) atoms. The van der Waals surface area contributed by atoms with Gasteiger partial charge in [0.25, 0.3) is 0 Å². The first-order valence-electron chi connectivity index (χ1n) is 4.77. The molecule has 0 aromatic carbocycles. The highest BCUT2D eigenvalue weighted by molar-refractivity contribution is 9.09. The molecule has 96 valence electrons. The van der Waals surface area contributed by atoms with Crippen molar-refractivity contribution in [3.05, 3.63) is 0 Å². The summed E-state index contributed by atoms with van der Waals surface area (Å²) in [6, 6.07) is 0. The van der Waals surface area contributed by atoms with E-state index in [0.29, 0.717) is 12.5 Å². The number of halogens is 4. The molecule has 0 radical (unpaired) electrons. The Balaban J connectivity index is 3.60. The lowest BCUT2D eigenvalue weighted by Crippen LogP contribution is -2.35. The fraction of sp³-hybridized carbons (Fsp3) is 0.889. The maximum atomic E-state index is 11.7. The summed E-state index contributed by atoms with van der Waals surface area (Å²) in [6.07, 6.45) is -4.39. The van der Waals surface area contributed by atoms with E-state index < -0.39 is 25.3 Å². The van der Waals surface area contributed by atoms with Crippen molar-refractivity contribution in [1.29, 1.82) is 0 Å². The zero-order valence-corrected chi connectivity index (χ0v) is 10.7. The zero-order chi connectivity index (χ0) is 12.8. The molecule has 0 aliphatic heterocycles. The first kappa shape index (κ1) is 15.7. The SMILES string of the molecule is CC(C)C(Br)CNC(=O)COCC(F)(F)F. The van der Waals surface area contributed by atoms with Crippen LogP contribution in [0.2, 0.25) is 0 Å². The summed E-state index contributed by atoms with van der Waals surface area (Å²) in [7, 11) is 0. The molecule has 0 aliphatic carbocycles. The Labute approximate surface area is 101 Å². The van der Waals surface area contributed by atoms with Gasteiger partial charge in [0.15, 0.2) is 0 Å². The van der Waals surface area contributed by atoms with E-state index in [-0.39, 0.29) is 4.83 Å². The summed E-state index contributed by atoms with van der Waals surface area (Å²) < 4.78 is 39.2. The Kier molecular flexibility index (Phi) is 6.98. The van der Waals surface area contributed by atoms with Crippen LogP contribution in [0.15, 0.2) is 0 Å². The smallest absolute Gasteiger partial charge is 0.362 e. The number of carbonyl (C=O) groups is 1. The van der Waals surface area contributed by atoms with Crippen molar-refractivity contribution in [2.75, 3.05) is 19.8 Å². The van der Waals surface area contributed by atoms with Crippen LogP contribution in [-0.2, 0) is 9.53 Å². The number of ether oxygens (including phenoxy) is 1. The molecule has 0 fully saturated rings. The molecule has 0 heterocycles. The van der Waals surface area contributed by atoms with Crippen LogP contribution in [0.5, 0.6) is 0 Å². The molecule has 0 aromatic heterocycles. The van der Waals surface area contributed by atoms with Crippen molar-refractivity contribution < 1.29 is 22.7 Å². The zero-order valence-electron chi connectivity index (χ0n) is 9.10. The third kappa shape index (κ3) is 8.96. The summed E-state index contributed by atoms with van der Waals surface area (Å²) >= 11 is 3.34. The fourth-order valence-electron chi connectivity index (χ4n) is 0.758. The van der Waals surface area contributed by atoms with E-state index in [1.807, 2.05) is 13.8 Å². The fourth-order valence-corrected chi connectivity index (χ4v) is 0.919. The highest BCUT2D eigenvalue weighted by Crippen LogP contribution is 2.14. The predicted octanol–water partition coefficient (Wildman–Crippen LogP) is 2.10. The average Bonchev–Trinajstić information content (AvgIpc) is 2.11. The van der Waals surface area contributed by atoms with Crippen LogP contribution in [0.1, 0.15) is 13.8 Å². The summed E-state index contributed by atoms with van der Waals surface area (Å²) in [5.41, 5.74) is 0. The standard InChI is InChI=1S/C9H15BrF3NO2/c1-6(2)7(10)3-14-8(15)4-16-5-9(11,12)13/h6-7H,3-5H2,1-2H3,(H,14,15). The van der Waals surface area contributed by atoms with Gasteiger partial charge in [-0.2, -0.15) is 13.2 Å². The van der Waals surface area contributed by atoms with Gasteiger partial charge in [0, 0.05) is 11.4 Å². The number of nitrogens with one attached hydrogen (secondary N) is 1. The van der Waals surface area contributed by atoms with Crippen molar-refractivity contribution in [2.45, 2.75) is 24.9 Å². The van der Waals surface area contributed by atoms with E-state index in [1.165, 1.54) is 0 Å². The van der Waals surface area contributed by atoms with Crippen molar-refractivity contribution in [3.8, 4) is 0 Å². The maximum Gasteiger partial charge on any atom is 0.411 e. The van der Waals surface area contributed by atoms with E-state index in [4.69, 9.17) is 0 Å². The molecule has 0 rings (SSSR count). The van der Waals surface area contributed by atoms with Crippen molar-refractivity contribution in [3.63, 3.8) is 0 Å². The van der Waals surface area contributed by atoms with Crippen molar-refractivity contribution in [2.24, 2.45) is 5.92 Å². The number of alkyl halides is 4. The van der Waals surface area contributed by atoms with E-state index >= 15 is 0 Å². The lowest BCUT2D eigenvalue weighted by Gasteiger charge is -2.14. The van der Waals surface area contributed by atoms with E-state index in [0.717, 1.165) is 0 Å². The molecule has 0 saturated carbocycles. The Bertz CT molecular complexity index is 221. The molecule has 1 unspecified atom stereocenters. The highest BCUT2D eigenvalue weighted by atomic mass is 79.9. The van der Waals surface area contributed by atoms with Gasteiger partial charge >= 0.3 is 6.18 Å². The molecular formula is C9H15BrF3NO2. The second-order valence-corrected chi connectivity index (χ2v) is 4.85. The van der Waals surface area contributed by atoms with Crippen LogP contribution < -0.4 is 5.32 Å². The van der Waals surface area contributed by atoms with E-state index in [1.54, 1.807) is 0 Å². The number of carbonyl (C=O) groups excluding carboxylic acids is 1. The van der Waals surface area contributed by atoms with Crippen molar-refractivity contribution >= 4 is 21.8 Å². The third-order valence-electron chi connectivity index (χ3n) is 1.72. The molecule has 0 saturated heterocycles. The Morgan fingerprint density at radius 2 is 2.00 bits per heavy atom. The third-order valence-corrected chi connectivity index (χ3v) is 3.10. The number of rotatable bonds is 6. The number of hydrogen-bond acceptors (Lipinski definition) is 2. The average molecular weight is 306 g/mol. The number of hydrogen-bond donors (Lipinski definition) is 1. The van der Waals surface area contributed by atoms with Crippen LogP contribution >= 0.6 is 15.9 Å². The van der Waals surface area contributed by atoms with Gasteiger partial charge in [-0.05, 0) is 5.92 Å². The van der Waals surface area contributed by atoms with Gasteiger partial charge in [-0.3, -0.25) is 4.79 Å². The minimum atomic E-state index is -4.39. The second kappa shape index (κ2) is 7.11. The van der Waals surface area contributed by atoms with Gasteiger partial charge in [-0.25, -0.2) is 0 Å². The van der Waals surface area contributed by atoms with E-state index in [9.17, 15) is 18.0 Å². The van der Waals surface area contributed by atoms with Gasteiger partial charge < -0.3 is 10.1 Å². The largest absolute Gasteiger partial charge is 0.411 e. The predicted molar refractivity (Wildman–Crippen MR) is 57.4 cm³/mol. The molecule has 1 N–H and O–H groups in total. The van der Waals surface area contributed by atoms with Crippen molar-refractivity contribution in [1.82, 2.24) is 5.32 Å². The van der Waals surface area contributed by atoms with Gasteiger partial charge in [0.05, 0.1) is 0 Å². The molecule has 7 heteroatoms. The van der Waals surface area contributed by atoms with E-state index in [2.05, 4.69) is 26.0 Å². The molecule has 0 aromatic rings. The number of amides is 1. The summed E-state index contributed by atoms with van der Waals surface area (Å²) in [5.74, 6) is -0.217. The Morgan fingerprint density at radius 3 is 2.44 bits per heavy atom. The topological polar surface area (TPSA) is 38.3 Å². The van der Waals surface area contributed by atoms with Crippen LogP contribution in [-0.4, -0.2) is 36.7 Å². The highest BCUT2D eigenvalue weighted by Gasteiger charge is 2.27. The first-order valence-corrected chi connectivity index (χ1v) is 5.69. The minimum Gasteiger partial charge on any atom is -0.362 e. The molecule has 1 amide bonds. The molecule has 0 bridgehead atoms. The van der Waals surface area contributed by atoms with Crippen LogP contribution in [0, 0.1) is 5.92 Å². The maximum absolute atomic E-state index is 11.7. The van der Waals surface area contributed by atoms with Gasteiger partial charge in [-0.15, -0.1) is 0 Å². The quantitative estimate of drug-likeness (QED) is 0.763. The summed E-state index contributed by atoms with van der Waals surface area (Å²) in [5, 5.41) is 2.47. The van der Waals surface area contributed by atoms with Crippen LogP contribution in [0.25, 0.3) is 0 Å². The molecular weight excluding hydrogens is 291 g/mol.